The number of nitriles is 2. The number of benzene rings is 2. The van der Waals surface area contributed by atoms with E-state index < -0.39 is 5.82 Å². The van der Waals surface area contributed by atoms with Crippen LogP contribution in [0.2, 0.25) is 10.0 Å². The van der Waals surface area contributed by atoms with Crippen LogP contribution >= 0.6 is 23.2 Å². The number of fused-ring (bicyclic) bond motifs is 1. The molecule has 0 spiro atoms. The molecule has 1 aliphatic rings. The molecule has 2 aromatic carbocycles. The standard InChI is InChI=1S/C26H22Cl2FN9/c27-22-10-17(1-2-24(22)29)34-25-16(12-31)13-33-26-21(25)9-18(11-23(26)28)32-14-19-15-38(36-35-19)20-3-6-37(7-4-20)8-5-30/h1-2,9-11,13,15,20,32H,3-4,6-8,14H2,(H,33,34). The average molecular weight is 550 g/mol. The number of halogens is 3. The predicted octanol–water partition coefficient (Wildman–Crippen LogP) is 5.66. The first-order valence-corrected chi connectivity index (χ1v) is 12.7. The summed E-state index contributed by atoms with van der Waals surface area (Å²) in [6, 6.07) is 12.4. The summed E-state index contributed by atoms with van der Waals surface area (Å²) in [5.74, 6) is -0.534. The van der Waals surface area contributed by atoms with Crippen LogP contribution in [-0.2, 0) is 6.54 Å². The second kappa shape index (κ2) is 11.2. The Bertz CT molecular complexity index is 1570. The minimum absolute atomic E-state index is 0.0342. The van der Waals surface area contributed by atoms with Crippen molar-refractivity contribution in [2.75, 3.05) is 30.3 Å². The Labute approximate surface area is 228 Å². The van der Waals surface area contributed by atoms with Gasteiger partial charge in [0.15, 0.2) is 0 Å². The molecule has 38 heavy (non-hydrogen) atoms. The number of anilines is 3. The fourth-order valence-electron chi connectivity index (χ4n) is 4.51. The van der Waals surface area contributed by atoms with Gasteiger partial charge in [-0.1, -0.05) is 28.4 Å². The van der Waals surface area contributed by atoms with Crippen molar-refractivity contribution in [3.63, 3.8) is 0 Å². The van der Waals surface area contributed by atoms with E-state index >= 15 is 0 Å². The molecule has 12 heteroatoms. The predicted molar refractivity (Wildman–Crippen MR) is 144 cm³/mol. The Morgan fingerprint density at radius 2 is 1.87 bits per heavy atom. The number of hydrogen-bond donors (Lipinski definition) is 2. The van der Waals surface area contributed by atoms with E-state index in [0.717, 1.165) is 31.6 Å². The first-order chi connectivity index (χ1) is 18.4. The van der Waals surface area contributed by atoms with E-state index in [2.05, 4.69) is 43.0 Å². The molecule has 3 heterocycles. The molecule has 1 fully saturated rings. The zero-order valence-electron chi connectivity index (χ0n) is 20.1. The third kappa shape index (κ3) is 5.48. The lowest BCUT2D eigenvalue weighted by Crippen LogP contribution is -2.35. The van der Waals surface area contributed by atoms with Crippen molar-refractivity contribution < 1.29 is 4.39 Å². The second-order valence-electron chi connectivity index (χ2n) is 8.98. The first kappa shape index (κ1) is 25.7. The molecule has 0 atom stereocenters. The number of piperidine rings is 1. The van der Waals surface area contributed by atoms with Crippen LogP contribution in [0.5, 0.6) is 0 Å². The SMILES string of the molecule is N#CCN1CCC(n2cc(CNc3cc(Cl)c4ncc(C#N)c(Nc5ccc(F)c(Cl)c5)c4c3)nn2)CC1. The summed E-state index contributed by atoms with van der Waals surface area (Å²) in [6.45, 7) is 2.59. The average Bonchev–Trinajstić information content (AvgIpc) is 3.40. The first-order valence-electron chi connectivity index (χ1n) is 11.9. The van der Waals surface area contributed by atoms with Gasteiger partial charge >= 0.3 is 0 Å². The van der Waals surface area contributed by atoms with Gasteiger partial charge in [0.1, 0.15) is 17.6 Å². The van der Waals surface area contributed by atoms with E-state index in [-0.39, 0.29) is 11.1 Å². The number of hydrogen-bond acceptors (Lipinski definition) is 8. The van der Waals surface area contributed by atoms with Crippen LogP contribution in [0.3, 0.4) is 0 Å². The lowest BCUT2D eigenvalue weighted by molar-refractivity contribution is 0.195. The van der Waals surface area contributed by atoms with Gasteiger partial charge in [-0.3, -0.25) is 9.88 Å². The van der Waals surface area contributed by atoms with Crippen LogP contribution in [0.25, 0.3) is 10.9 Å². The van der Waals surface area contributed by atoms with Gasteiger partial charge in [0, 0.05) is 36.0 Å². The molecule has 192 valence electrons. The fourth-order valence-corrected chi connectivity index (χ4v) is 4.96. The molecule has 9 nitrogen and oxygen atoms in total. The van der Waals surface area contributed by atoms with E-state index in [9.17, 15) is 9.65 Å². The summed E-state index contributed by atoms with van der Waals surface area (Å²) < 4.78 is 15.5. The molecule has 0 aliphatic carbocycles. The number of likely N-dealkylation sites (tertiary alicyclic amines) is 1. The molecule has 0 unspecified atom stereocenters. The summed E-state index contributed by atoms with van der Waals surface area (Å²) in [5, 5.41) is 34.7. The van der Waals surface area contributed by atoms with Gasteiger partial charge in [0.25, 0.3) is 0 Å². The highest BCUT2D eigenvalue weighted by Gasteiger charge is 2.21. The third-order valence-electron chi connectivity index (χ3n) is 6.49. The van der Waals surface area contributed by atoms with Crippen molar-refractivity contribution in [1.82, 2.24) is 24.9 Å². The molecule has 2 N–H and O–H groups in total. The number of nitrogens with zero attached hydrogens (tertiary/aromatic N) is 7. The molecule has 0 saturated carbocycles. The summed E-state index contributed by atoms with van der Waals surface area (Å²) in [4.78, 5) is 6.50. The molecule has 4 aromatic rings. The van der Waals surface area contributed by atoms with Crippen molar-refractivity contribution in [3.8, 4) is 12.1 Å². The van der Waals surface area contributed by atoms with Crippen molar-refractivity contribution >= 4 is 51.2 Å². The zero-order chi connectivity index (χ0) is 26.6. The summed E-state index contributed by atoms with van der Waals surface area (Å²) in [7, 11) is 0. The minimum atomic E-state index is -0.534. The number of pyridine rings is 1. The Morgan fingerprint density at radius 1 is 1.08 bits per heavy atom. The van der Waals surface area contributed by atoms with Gasteiger partial charge in [-0.2, -0.15) is 10.5 Å². The van der Waals surface area contributed by atoms with Gasteiger partial charge in [-0.05, 0) is 43.2 Å². The van der Waals surface area contributed by atoms with E-state index in [1.807, 2.05) is 16.9 Å². The van der Waals surface area contributed by atoms with Gasteiger partial charge in [0.05, 0.1) is 58.2 Å². The maximum atomic E-state index is 13.6. The maximum absolute atomic E-state index is 13.6. The van der Waals surface area contributed by atoms with Crippen LogP contribution < -0.4 is 10.6 Å². The highest BCUT2D eigenvalue weighted by Crippen LogP contribution is 2.35. The van der Waals surface area contributed by atoms with E-state index in [0.29, 0.717) is 51.6 Å². The Morgan fingerprint density at radius 3 is 2.61 bits per heavy atom. The van der Waals surface area contributed by atoms with Crippen LogP contribution in [0, 0.1) is 28.5 Å². The third-order valence-corrected chi connectivity index (χ3v) is 7.07. The summed E-state index contributed by atoms with van der Waals surface area (Å²) in [5.41, 5.74) is 3.29. The van der Waals surface area contributed by atoms with Crippen molar-refractivity contribution in [3.05, 3.63) is 69.8 Å². The quantitative estimate of drug-likeness (QED) is 0.283. The molecule has 0 radical (unpaired) electrons. The van der Waals surface area contributed by atoms with Gasteiger partial charge in [-0.15, -0.1) is 5.10 Å². The van der Waals surface area contributed by atoms with Crippen LogP contribution in [-0.4, -0.2) is 44.5 Å². The molecule has 1 aliphatic heterocycles. The fraction of sp³-hybridized carbons (Fsp3) is 0.269. The van der Waals surface area contributed by atoms with Crippen molar-refractivity contribution in [2.45, 2.75) is 25.4 Å². The van der Waals surface area contributed by atoms with Crippen molar-refractivity contribution in [1.29, 1.82) is 10.5 Å². The van der Waals surface area contributed by atoms with Gasteiger partial charge in [0.2, 0.25) is 0 Å². The van der Waals surface area contributed by atoms with Crippen LogP contribution in [0.15, 0.2) is 42.7 Å². The maximum Gasteiger partial charge on any atom is 0.141 e. The number of aromatic nitrogens is 4. The Kier molecular flexibility index (Phi) is 7.57. The zero-order valence-corrected chi connectivity index (χ0v) is 21.6. The molecule has 2 aromatic heterocycles. The van der Waals surface area contributed by atoms with Crippen LogP contribution in [0.1, 0.15) is 30.1 Å². The van der Waals surface area contributed by atoms with Crippen molar-refractivity contribution in [2.24, 2.45) is 0 Å². The number of nitrogens with one attached hydrogen (secondary N) is 2. The highest BCUT2D eigenvalue weighted by atomic mass is 35.5. The molecular weight excluding hydrogens is 528 g/mol. The molecule has 0 amide bonds. The van der Waals surface area contributed by atoms with E-state index in [1.165, 1.54) is 24.4 Å². The molecule has 0 bridgehead atoms. The summed E-state index contributed by atoms with van der Waals surface area (Å²) in [6.07, 6.45) is 5.21. The minimum Gasteiger partial charge on any atom is -0.379 e. The Hall–Kier alpha value is -3.96. The highest BCUT2D eigenvalue weighted by molar-refractivity contribution is 6.36. The second-order valence-corrected chi connectivity index (χ2v) is 9.79. The molecule has 1 saturated heterocycles. The largest absolute Gasteiger partial charge is 0.379 e. The van der Waals surface area contributed by atoms with E-state index in [4.69, 9.17) is 28.5 Å². The molecular formula is C26H22Cl2FN9. The lowest BCUT2D eigenvalue weighted by atomic mass is 10.1. The van der Waals surface area contributed by atoms with Gasteiger partial charge in [-0.25, -0.2) is 9.07 Å². The van der Waals surface area contributed by atoms with Gasteiger partial charge < -0.3 is 10.6 Å². The monoisotopic (exact) mass is 549 g/mol. The van der Waals surface area contributed by atoms with E-state index in [1.54, 1.807) is 6.07 Å². The Balaban J connectivity index is 1.35. The lowest BCUT2D eigenvalue weighted by Gasteiger charge is -2.29. The smallest absolute Gasteiger partial charge is 0.141 e. The topological polar surface area (TPSA) is 118 Å². The molecule has 5 rings (SSSR count). The van der Waals surface area contributed by atoms with Crippen LogP contribution in [0.4, 0.5) is 21.5 Å². The number of rotatable bonds is 7. The normalized spacial score (nSPS) is 14.2. The summed E-state index contributed by atoms with van der Waals surface area (Å²) >= 11 is 12.5.